The standard InChI is InChI=1S/C13H15ClO2/c14-13(15)9-11-7-4-8-12(16-11)10-5-2-1-3-6-10/h1-3,5-6,11-12H,4,7-9H2/t11-,12+/m0/s1. The Hall–Kier alpha value is -0.860. The highest BCUT2D eigenvalue weighted by atomic mass is 35.5. The first-order valence-electron chi connectivity index (χ1n) is 5.64. The average molecular weight is 239 g/mol. The van der Waals surface area contributed by atoms with Crippen molar-refractivity contribution in [3.63, 3.8) is 0 Å². The van der Waals surface area contributed by atoms with E-state index in [0.717, 1.165) is 19.3 Å². The maximum atomic E-state index is 10.8. The van der Waals surface area contributed by atoms with Crippen molar-refractivity contribution >= 4 is 16.8 Å². The van der Waals surface area contributed by atoms with Gasteiger partial charge in [0.2, 0.25) is 5.24 Å². The minimum atomic E-state index is -0.307. The van der Waals surface area contributed by atoms with Crippen molar-refractivity contribution in [2.75, 3.05) is 0 Å². The second-order valence-electron chi connectivity index (χ2n) is 4.15. The molecule has 1 aromatic carbocycles. The van der Waals surface area contributed by atoms with Crippen LogP contribution in [0.3, 0.4) is 0 Å². The minimum absolute atomic E-state index is 0.0102. The van der Waals surface area contributed by atoms with E-state index in [1.165, 1.54) is 5.56 Å². The number of carbonyl (C=O) groups is 1. The van der Waals surface area contributed by atoms with E-state index in [9.17, 15) is 4.79 Å². The highest BCUT2D eigenvalue weighted by Gasteiger charge is 2.24. The third kappa shape index (κ3) is 3.06. The van der Waals surface area contributed by atoms with Crippen LogP contribution in [-0.2, 0) is 9.53 Å². The van der Waals surface area contributed by atoms with Gasteiger partial charge >= 0.3 is 0 Å². The van der Waals surface area contributed by atoms with Crippen molar-refractivity contribution in [1.82, 2.24) is 0 Å². The van der Waals surface area contributed by atoms with E-state index in [1.807, 2.05) is 18.2 Å². The second kappa shape index (κ2) is 5.46. The van der Waals surface area contributed by atoms with Crippen LogP contribution in [0.25, 0.3) is 0 Å². The van der Waals surface area contributed by atoms with Gasteiger partial charge < -0.3 is 4.74 Å². The quantitative estimate of drug-likeness (QED) is 0.754. The van der Waals surface area contributed by atoms with Crippen LogP contribution in [0.5, 0.6) is 0 Å². The first-order valence-corrected chi connectivity index (χ1v) is 6.02. The van der Waals surface area contributed by atoms with Gasteiger partial charge in [0.1, 0.15) is 0 Å². The van der Waals surface area contributed by atoms with E-state index in [1.54, 1.807) is 0 Å². The van der Waals surface area contributed by atoms with Gasteiger partial charge in [0, 0.05) is 6.42 Å². The van der Waals surface area contributed by atoms with Crippen LogP contribution in [-0.4, -0.2) is 11.3 Å². The molecule has 0 aromatic heterocycles. The number of ether oxygens (including phenoxy) is 1. The molecular formula is C13H15ClO2. The first-order chi connectivity index (χ1) is 7.75. The molecule has 0 amide bonds. The summed E-state index contributed by atoms with van der Waals surface area (Å²) in [5, 5.41) is -0.307. The van der Waals surface area contributed by atoms with Crippen LogP contribution >= 0.6 is 11.6 Å². The number of carbonyl (C=O) groups excluding carboxylic acids is 1. The van der Waals surface area contributed by atoms with Crippen molar-refractivity contribution in [1.29, 1.82) is 0 Å². The molecule has 16 heavy (non-hydrogen) atoms. The van der Waals surface area contributed by atoms with Crippen molar-refractivity contribution in [2.24, 2.45) is 0 Å². The molecule has 0 bridgehead atoms. The summed E-state index contributed by atoms with van der Waals surface area (Å²) in [6.45, 7) is 0. The van der Waals surface area contributed by atoms with Gasteiger partial charge in [-0.05, 0) is 36.4 Å². The summed E-state index contributed by atoms with van der Waals surface area (Å²) in [6, 6.07) is 10.1. The Bertz CT molecular complexity index is 350. The lowest BCUT2D eigenvalue weighted by Crippen LogP contribution is -2.23. The van der Waals surface area contributed by atoms with Crippen molar-refractivity contribution < 1.29 is 9.53 Å². The lowest BCUT2D eigenvalue weighted by Gasteiger charge is -2.29. The molecule has 0 N–H and O–H groups in total. The van der Waals surface area contributed by atoms with Crippen molar-refractivity contribution in [3.05, 3.63) is 35.9 Å². The smallest absolute Gasteiger partial charge is 0.224 e. The van der Waals surface area contributed by atoms with Crippen LogP contribution in [0.15, 0.2) is 30.3 Å². The van der Waals surface area contributed by atoms with Gasteiger partial charge in [0.15, 0.2) is 0 Å². The van der Waals surface area contributed by atoms with Crippen LogP contribution in [0, 0.1) is 0 Å². The monoisotopic (exact) mass is 238 g/mol. The van der Waals surface area contributed by atoms with Gasteiger partial charge in [-0.1, -0.05) is 30.3 Å². The zero-order valence-corrected chi connectivity index (χ0v) is 9.82. The fourth-order valence-electron chi connectivity index (χ4n) is 2.14. The number of rotatable bonds is 3. The molecule has 86 valence electrons. The molecule has 0 saturated carbocycles. The summed E-state index contributed by atoms with van der Waals surface area (Å²) in [4.78, 5) is 10.8. The molecule has 3 heteroatoms. The fourth-order valence-corrected chi connectivity index (χ4v) is 2.31. The maximum Gasteiger partial charge on any atom is 0.224 e. The highest BCUT2D eigenvalue weighted by molar-refractivity contribution is 6.63. The number of hydrogen-bond donors (Lipinski definition) is 0. The van der Waals surface area contributed by atoms with E-state index in [4.69, 9.17) is 16.3 Å². The molecule has 1 saturated heterocycles. The molecule has 1 fully saturated rings. The Kier molecular flexibility index (Phi) is 3.97. The summed E-state index contributed by atoms with van der Waals surface area (Å²) in [7, 11) is 0. The molecule has 0 radical (unpaired) electrons. The van der Waals surface area contributed by atoms with Crippen LogP contribution in [0.2, 0.25) is 0 Å². The summed E-state index contributed by atoms with van der Waals surface area (Å²) in [5.41, 5.74) is 1.19. The Balaban J connectivity index is 1.99. The number of benzene rings is 1. The highest BCUT2D eigenvalue weighted by Crippen LogP contribution is 2.32. The topological polar surface area (TPSA) is 26.3 Å². The molecule has 2 atom stereocenters. The Morgan fingerprint density at radius 3 is 2.75 bits per heavy atom. The number of hydrogen-bond acceptors (Lipinski definition) is 2. The van der Waals surface area contributed by atoms with Gasteiger partial charge in [-0.25, -0.2) is 0 Å². The van der Waals surface area contributed by atoms with E-state index >= 15 is 0 Å². The molecule has 0 spiro atoms. The predicted octanol–water partition coefficient (Wildman–Crippen LogP) is 3.45. The summed E-state index contributed by atoms with van der Waals surface area (Å²) < 4.78 is 5.88. The molecule has 1 aliphatic rings. The van der Waals surface area contributed by atoms with Crippen LogP contribution in [0.4, 0.5) is 0 Å². The van der Waals surface area contributed by atoms with Gasteiger partial charge in [-0.2, -0.15) is 0 Å². The molecule has 1 aliphatic heterocycles. The van der Waals surface area contributed by atoms with Crippen LogP contribution < -0.4 is 0 Å². The third-order valence-corrected chi connectivity index (χ3v) is 3.06. The molecule has 2 rings (SSSR count). The number of halogens is 1. The summed E-state index contributed by atoms with van der Waals surface area (Å²) in [6.07, 6.45) is 3.48. The molecule has 0 aliphatic carbocycles. The Labute approximate surface area is 101 Å². The van der Waals surface area contributed by atoms with Crippen molar-refractivity contribution in [3.8, 4) is 0 Å². The average Bonchev–Trinajstić information content (AvgIpc) is 2.30. The van der Waals surface area contributed by atoms with Gasteiger partial charge in [0.05, 0.1) is 12.2 Å². The van der Waals surface area contributed by atoms with E-state index in [-0.39, 0.29) is 17.5 Å². The lowest BCUT2D eigenvalue weighted by molar-refractivity contribution is -0.118. The second-order valence-corrected chi connectivity index (χ2v) is 4.57. The van der Waals surface area contributed by atoms with E-state index in [2.05, 4.69) is 12.1 Å². The predicted molar refractivity (Wildman–Crippen MR) is 63.4 cm³/mol. The largest absolute Gasteiger partial charge is 0.370 e. The lowest BCUT2D eigenvalue weighted by atomic mass is 9.97. The normalized spacial score (nSPS) is 25.3. The Morgan fingerprint density at radius 1 is 1.31 bits per heavy atom. The molecule has 2 nitrogen and oxygen atoms in total. The fraction of sp³-hybridized carbons (Fsp3) is 0.462. The van der Waals surface area contributed by atoms with E-state index in [0.29, 0.717) is 6.42 Å². The van der Waals surface area contributed by atoms with Gasteiger partial charge in [0.25, 0.3) is 0 Å². The van der Waals surface area contributed by atoms with Crippen molar-refractivity contribution in [2.45, 2.75) is 37.9 Å². The zero-order chi connectivity index (χ0) is 11.4. The van der Waals surface area contributed by atoms with E-state index < -0.39 is 0 Å². The maximum absolute atomic E-state index is 10.8. The summed E-state index contributed by atoms with van der Waals surface area (Å²) in [5.74, 6) is 0. The zero-order valence-electron chi connectivity index (χ0n) is 9.06. The first kappa shape index (κ1) is 11.6. The molecular weight excluding hydrogens is 224 g/mol. The molecule has 1 heterocycles. The van der Waals surface area contributed by atoms with Crippen LogP contribution in [0.1, 0.15) is 37.4 Å². The SMILES string of the molecule is O=C(Cl)C[C@@H]1CCC[C@H](c2ccccc2)O1. The Morgan fingerprint density at radius 2 is 2.06 bits per heavy atom. The third-order valence-electron chi connectivity index (χ3n) is 2.91. The molecule has 0 unspecified atom stereocenters. The minimum Gasteiger partial charge on any atom is -0.370 e. The van der Waals surface area contributed by atoms with Gasteiger partial charge in [-0.3, -0.25) is 4.79 Å². The van der Waals surface area contributed by atoms with Gasteiger partial charge in [-0.15, -0.1) is 0 Å². The molecule has 1 aromatic rings. The summed E-state index contributed by atoms with van der Waals surface area (Å²) >= 11 is 5.39.